The SMILES string of the molecule is Cn1c(SCC(=O)Nc2c(Cl)c(Cl)cc(Cl)c2Cl)nnc1-c1ccccc1F. The van der Waals surface area contributed by atoms with Gasteiger partial charge in [-0.15, -0.1) is 10.2 Å². The van der Waals surface area contributed by atoms with E-state index in [0.717, 1.165) is 11.8 Å². The van der Waals surface area contributed by atoms with E-state index in [9.17, 15) is 9.18 Å². The van der Waals surface area contributed by atoms with Gasteiger partial charge in [0, 0.05) is 7.05 Å². The summed E-state index contributed by atoms with van der Waals surface area (Å²) >= 11 is 25.2. The molecule has 1 heterocycles. The Hall–Kier alpha value is -1.51. The van der Waals surface area contributed by atoms with Gasteiger partial charge in [0.15, 0.2) is 11.0 Å². The van der Waals surface area contributed by atoms with Crippen molar-refractivity contribution in [3.05, 3.63) is 56.2 Å². The third-order valence-corrected chi connectivity index (χ3v) is 6.25. The fraction of sp³-hybridized carbons (Fsp3) is 0.118. The van der Waals surface area contributed by atoms with Crippen LogP contribution in [0.4, 0.5) is 10.1 Å². The smallest absolute Gasteiger partial charge is 0.234 e. The van der Waals surface area contributed by atoms with Gasteiger partial charge < -0.3 is 9.88 Å². The predicted molar refractivity (Wildman–Crippen MR) is 112 cm³/mol. The fourth-order valence-corrected chi connectivity index (χ4v) is 3.92. The first-order valence-electron chi connectivity index (χ1n) is 7.69. The van der Waals surface area contributed by atoms with Crippen LogP contribution in [0.15, 0.2) is 35.5 Å². The second kappa shape index (κ2) is 8.88. The van der Waals surface area contributed by atoms with Crippen molar-refractivity contribution in [2.75, 3.05) is 11.1 Å². The van der Waals surface area contributed by atoms with Gasteiger partial charge in [-0.2, -0.15) is 0 Å². The van der Waals surface area contributed by atoms with Crippen LogP contribution in [0, 0.1) is 5.82 Å². The number of nitrogens with zero attached hydrogens (tertiary/aromatic N) is 3. The predicted octanol–water partition coefficient (Wildman–Crippen LogP) is 5.97. The summed E-state index contributed by atoms with van der Waals surface area (Å²) in [6.45, 7) is 0. The number of amides is 1. The van der Waals surface area contributed by atoms with Crippen LogP contribution in [0.3, 0.4) is 0 Å². The third-order valence-electron chi connectivity index (χ3n) is 3.66. The molecule has 0 aliphatic heterocycles. The Morgan fingerprint density at radius 1 is 1.14 bits per heavy atom. The molecule has 28 heavy (non-hydrogen) atoms. The molecule has 0 saturated carbocycles. The number of rotatable bonds is 5. The molecule has 1 amide bonds. The molecule has 3 aromatic rings. The fourth-order valence-electron chi connectivity index (χ4n) is 2.31. The number of anilines is 1. The molecule has 0 radical (unpaired) electrons. The Balaban J connectivity index is 1.72. The van der Waals surface area contributed by atoms with E-state index in [4.69, 9.17) is 46.4 Å². The summed E-state index contributed by atoms with van der Waals surface area (Å²) in [6.07, 6.45) is 0. The second-order valence-electron chi connectivity index (χ2n) is 5.53. The molecule has 0 aliphatic carbocycles. The number of aromatic nitrogens is 3. The van der Waals surface area contributed by atoms with Crippen molar-refractivity contribution in [2.24, 2.45) is 7.05 Å². The molecule has 0 atom stereocenters. The highest BCUT2D eigenvalue weighted by molar-refractivity contribution is 7.99. The van der Waals surface area contributed by atoms with Crippen LogP contribution in [0.25, 0.3) is 11.4 Å². The molecule has 3 rings (SSSR count). The third kappa shape index (κ3) is 4.39. The van der Waals surface area contributed by atoms with E-state index in [1.165, 1.54) is 12.1 Å². The molecule has 2 aromatic carbocycles. The Labute approximate surface area is 184 Å². The molecular weight excluding hydrogens is 469 g/mol. The minimum absolute atomic E-state index is 0.0139. The summed E-state index contributed by atoms with van der Waals surface area (Å²) in [5, 5.41) is 11.6. The van der Waals surface area contributed by atoms with Gasteiger partial charge in [-0.25, -0.2) is 4.39 Å². The van der Waals surface area contributed by atoms with Crippen molar-refractivity contribution in [3.63, 3.8) is 0 Å². The summed E-state index contributed by atoms with van der Waals surface area (Å²) in [7, 11) is 1.69. The molecule has 5 nitrogen and oxygen atoms in total. The van der Waals surface area contributed by atoms with Gasteiger partial charge in [0.25, 0.3) is 0 Å². The molecule has 0 spiro atoms. The zero-order valence-corrected chi connectivity index (χ0v) is 18.0. The molecule has 0 saturated heterocycles. The molecule has 146 valence electrons. The van der Waals surface area contributed by atoms with E-state index in [0.29, 0.717) is 16.5 Å². The maximum Gasteiger partial charge on any atom is 0.234 e. The minimum Gasteiger partial charge on any atom is -0.323 e. The molecule has 0 unspecified atom stereocenters. The molecule has 1 N–H and O–H groups in total. The van der Waals surface area contributed by atoms with E-state index < -0.39 is 11.7 Å². The normalized spacial score (nSPS) is 10.9. The van der Waals surface area contributed by atoms with Crippen LogP contribution < -0.4 is 5.32 Å². The first-order chi connectivity index (χ1) is 13.3. The zero-order valence-electron chi connectivity index (χ0n) is 14.1. The van der Waals surface area contributed by atoms with E-state index in [1.807, 2.05) is 0 Å². The van der Waals surface area contributed by atoms with Crippen molar-refractivity contribution < 1.29 is 9.18 Å². The lowest BCUT2D eigenvalue weighted by atomic mass is 10.2. The van der Waals surface area contributed by atoms with Gasteiger partial charge in [0.05, 0.1) is 37.1 Å². The quantitative estimate of drug-likeness (QED) is 0.362. The number of thioether (sulfide) groups is 1. The first kappa shape index (κ1) is 21.2. The van der Waals surface area contributed by atoms with Gasteiger partial charge in [0.2, 0.25) is 5.91 Å². The minimum atomic E-state index is -0.408. The van der Waals surface area contributed by atoms with Crippen molar-refractivity contribution in [3.8, 4) is 11.4 Å². The molecule has 0 bridgehead atoms. The lowest BCUT2D eigenvalue weighted by Gasteiger charge is -2.11. The van der Waals surface area contributed by atoms with Crippen molar-refractivity contribution in [2.45, 2.75) is 5.16 Å². The topological polar surface area (TPSA) is 59.8 Å². The van der Waals surface area contributed by atoms with Crippen LogP contribution in [0.2, 0.25) is 20.1 Å². The van der Waals surface area contributed by atoms with Gasteiger partial charge >= 0.3 is 0 Å². The summed E-state index contributed by atoms with van der Waals surface area (Å²) in [5.41, 5.74) is 0.456. The van der Waals surface area contributed by atoms with Crippen LogP contribution in [0.1, 0.15) is 0 Å². The highest BCUT2D eigenvalue weighted by atomic mass is 35.5. The molecule has 1 aromatic heterocycles. The van der Waals surface area contributed by atoms with Crippen molar-refractivity contribution in [1.82, 2.24) is 14.8 Å². The molecule has 11 heteroatoms. The number of halogens is 5. The number of hydrogen-bond donors (Lipinski definition) is 1. The zero-order chi connectivity index (χ0) is 20.4. The second-order valence-corrected chi connectivity index (χ2v) is 8.04. The average molecular weight is 480 g/mol. The van der Waals surface area contributed by atoms with Crippen LogP contribution in [-0.4, -0.2) is 26.4 Å². The Kier molecular flexibility index (Phi) is 6.73. The Morgan fingerprint density at radius 2 is 1.79 bits per heavy atom. The summed E-state index contributed by atoms with van der Waals surface area (Å²) < 4.78 is 15.6. The lowest BCUT2D eigenvalue weighted by Crippen LogP contribution is -2.15. The van der Waals surface area contributed by atoms with Gasteiger partial charge in [-0.1, -0.05) is 70.3 Å². The molecule has 0 fully saturated rings. The van der Waals surface area contributed by atoms with Gasteiger partial charge in [-0.05, 0) is 18.2 Å². The molecule has 0 aliphatic rings. The van der Waals surface area contributed by atoms with E-state index >= 15 is 0 Å². The Bertz CT molecular complexity index is 1030. The number of hydrogen-bond acceptors (Lipinski definition) is 4. The van der Waals surface area contributed by atoms with E-state index in [1.54, 1.807) is 29.8 Å². The number of nitrogens with one attached hydrogen (secondary N) is 1. The standard InChI is InChI=1S/C17H11Cl4FN4OS/c1-26-16(8-4-2-3-5-11(8)22)24-25-17(26)28-7-12(27)23-15-13(20)9(18)6-10(19)14(15)21/h2-6H,7H2,1H3,(H,23,27). The van der Waals surface area contributed by atoms with Crippen LogP contribution >= 0.6 is 58.2 Å². The van der Waals surface area contributed by atoms with Gasteiger partial charge in [0.1, 0.15) is 5.82 Å². The average Bonchev–Trinajstić information content (AvgIpc) is 3.03. The largest absolute Gasteiger partial charge is 0.323 e. The monoisotopic (exact) mass is 478 g/mol. The number of carbonyl (C=O) groups is 1. The highest BCUT2D eigenvalue weighted by Gasteiger charge is 2.18. The number of benzene rings is 2. The van der Waals surface area contributed by atoms with Crippen molar-refractivity contribution >= 4 is 69.8 Å². The molecular formula is C17H11Cl4FN4OS. The van der Waals surface area contributed by atoms with E-state index in [2.05, 4.69) is 15.5 Å². The summed E-state index contributed by atoms with van der Waals surface area (Å²) in [4.78, 5) is 12.3. The lowest BCUT2D eigenvalue weighted by molar-refractivity contribution is -0.113. The van der Waals surface area contributed by atoms with Crippen LogP contribution in [-0.2, 0) is 11.8 Å². The maximum atomic E-state index is 14.0. The summed E-state index contributed by atoms with van der Waals surface area (Å²) in [6, 6.07) is 7.63. The first-order valence-corrected chi connectivity index (χ1v) is 10.2. The maximum absolute atomic E-state index is 14.0. The van der Waals surface area contributed by atoms with E-state index in [-0.39, 0.29) is 31.5 Å². The Morgan fingerprint density at radius 3 is 2.43 bits per heavy atom. The summed E-state index contributed by atoms with van der Waals surface area (Å²) in [5.74, 6) is -0.467. The van der Waals surface area contributed by atoms with Crippen molar-refractivity contribution in [1.29, 1.82) is 0 Å². The van der Waals surface area contributed by atoms with Crippen LogP contribution in [0.5, 0.6) is 0 Å². The highest BCUT2D eigenvalue weighted by Crippen LogP contribution is 2.41. The number of carbonyl (C=O) groups excluding carboxylic acids is 1. The van der Waals surface area contributed by atoms with Gasteiger partial charge in [-0.3, -0.25) is 4.79 Å².